The van der Waals surface area contributed by atoms with E-state index in [0.717, 1.165) is 37.2 Å². The van der Waals surface area contributed by atoms with Crippen LogP contribution in [0.25, 0.3) is 0 Å². The third kappa shape index (κ3) is 5.18. The number of pyridine rings is 1. The molecule has 1 unspecified atom stereocenters. The van der Waals surface area contributed by atoms with Gasteiger partial charge in [-0.25, -0.2) is 4.98 Å². The van der Waals surface area contributed by atoms with Gasteiger partial charge < -0.3 is 10.1 Å². The zero-order valence-corrected chi connectivity index (χ0v) is 11.2. The molecule has 1 aromatic heterocycles. The lowest BCUT2D eigenvalue weighted by Gasteiger charge is -2.14. The lowest BCUT2D eigenvalue weighted by molar-refractivity contribution is 0.0473. The number of nitrogens with one attached hydrogen (secondary N) is 1. The molecule has 0 radical (unpaired) electrons. The second-order valence-electron chi connectivity index (χ2n) is 4.35. The van der Waals surface area contributed by atoms with Crippen LogP contribution in [-0.2, 0) is 11.3 Å². The highest BCUT2D eigenvalue weighted by Crippen LogP contribution is 2.14. The van der Waals surface area contributed by atoms with Crippen molar-refractivity contribution in [2.24, 2.45) is 0 Å². The summed E-state index contributed by atoms with van der Waals surface area (Å²) in [5.41, 5.74) is 1.14. The first kappa shape index (κ1) is 14.0. The van der Waals surface area contributed by atoms with Gasteiger partial charge in [-0.2, -0.15) is 0 Å². The Morgan fingerprint density at radius 2 is 2.18 bits per heavy atom. The third-order valence-corrected chi connectivity index (χ3v) is 2.65. The predicted molar refractivity (Wildman–Crippen MR) is 72.2 cm³/mol. The Labute approximate surface area is 105 Å². The van der Waals surface area contributed by atoms with Crippen molar-refractivity contribution >= 4 is 5.82 Å². The second kappa shape index (κ2) is 8.07. The molecule has 3 heteroatoms. The van der Waals surface area contributed by atoms with Gasteiger partial charge >= 0.3 is 0 Å². The van der Waals surface area contributed by atoms with Gasteiger partial charge in [0.05, 0.1) is 12.7 Å². The summed E-state index contributed by atoms with van der Waals surface area (Å²) in [6.07, 6.45) is 5.51. The Kier molecular flexibility index (Phi) is 6.63. The maximum absolute atomic E-state index is 5.81. The van der Waals surface area contributed by atoms with E-state index >= 15 is 0 Å². The molecule has 96 valence electrons. The minimum Gasteiger partial charge on any atom is -0.374 e. The molecule has 0 fully saturated rings. The minimum atomic E-state index is 0.319. The summed E-state index contributed by atoms with van der Waals surface area (Å²) < 4.78 is 5.81. The van der Waals surface area contributed by atoms with Gasteiger partial charge in [-0.3, -0.25) is 0 Å². The van der Waals surface area contributed by atoms with Crippen LogP contribution in [0.3, 0.4) is 0 Å². The summed E-state index contributed by atoms with van der Waals surface area (Å²) in [6.45, 7) is 8.04. The zero-order valence-electron chi connectivity index (χ0n) is 11.2. The molecular weight excluding hydrogens is 212 g/mol. The van der Waals surface area contributed by atoms with Gasteiger partial charge in [-0.1, -0.05) is 26.3 Å². The molecule has 0 aromatic carbocycles. The van der Waals surface area contributed by atoms with Crippen LogP contribution in [0.2, 0.25) is 0 Å². The molecule has 0 aliphatic rings. The number of rotatable bonds is 8. The third-order valence-electron chi connectivity index (χ3n) is 2.65. The average molecular weight is 236 g/mol. The number of nitrogens with zero attached hydrogens (tertiary/aromatic N) is 1. The predicted octanol–water partition coefficient (Wildman–Crippen LogP) is 3.61. The monoisotopic (exact) mass is 236 g/mol. The number of hydrogen-bond acceptors (Lipinski definition) is 3. The fourth-order valence-electron chi connectivity index (χ4n) is 1.68. The molecule has 0 aliphatic heterocycles. The maximum atomic E-state index is 5.81. The maximum Gasteiger partial charge on any atom is 0.131 e. The summed E-state index contributed by atoms with van der Waals surface area (Å²) in [5.74, 6) is 0.957. The van der Waals surface area contributed by atoms with E-state index in [1.54, 1.807) is 0 Å². The van der Waals surface area contributed by atoms with Crippen LogP contribution in [0.1, 0.15) is 45.6 Å². The summed E-state index contributed by atoms with van der Waals surface area (Å²) in [6, 6.07) is 4.03. The molecule has 1 rings (SSSR count). The fourth-order valence-corrected chi connectivity index (χ4v) is 1.68. The lowest BCUT2D eigenvalue weighted by atomic mass is 10.2. The molecule has 0 spiro atoms. The Morgan fingerprint density at radius 1 is 1.35 bits per heavy atom. The minimum absolute atomic E-state index is 0.319. The number of aromatic nitrogens is 1. The number of ether oxygens (including phenoxy) is 1. The Balaban J connectivity index is 2.51. The van der Waals surface area contributed by atoms with Gasteiger partial charge in [0.2, 0.25) is 0 Å². The van der Waals surface area contributed by atoms with Crippen LogP contribution in [0.15, 0.2) is 18.3 Å². The molecular formula is C14H24N2O. The van der Waals surface area contributed by atoms with E-state index in [-0.39, 0.29) is 0 Å². The van der Waals surface area contributed by atoms with Gasteiger partial charge in [0.1, 0.15) is 5.82 Å². The Bertz CT molecular complexity index is 315. The molecule has 0 amide bonds. The smallest absolute Gasteiger partial charge is 0.131 e. The van der Waals surface area contributed by atoms with E-state index in [0.29, 0.717) is 12.7 Å². The van der Waals surface area contributed by atoms with Crippen molar-refractivity contribution in [3.63, 3.8) is 0 Å². The van der Waals surface area contributed by atoms with E-state index < -0.39 is 0 Å². The van der Waals surface area contributed by atoms with Crippen LogP contribution in [0.5, 0.6) is 0 Å². The molecule has 1 N–H and O–H groups in total. The Morgan fingerprint density at radius 3 is 2.88 bits per heavy atom. The van der Waals surface area contributed by atoms with Crippen molar-refractivity contribution in [2.75, 3.05) is 11.9 Å². The van der Waals surface area contributed by atoms with E-state index in [1.165, 1.54) is 0 Å². The van der Waals surface area contributed by atoms with E-state index in [4.69, 9.17) is 4.74 Å². The standard InChI is InChI=1S/C14H24N2O/c1-4-7-12(3)17-11-13-8-6-10-16-14(13)15-9-5-2/h6,8,10,12H,4-5,7,9,11H2,1-3H3,(H,15,16). The average Bonchev–Trinajstić information content (AvgIpc) is 2.35. The highest BCUT2D eigenvalue weighted by molar-refractivity contribution is 5.43. The quantitative estimate of drug-likeness (QED) is 0.748. The van der Waals surface area contributed by atoms with Gasteiger partial charge in [0, 0.05) is 18.3 Å². The molecule has 3 nitrogen and oxygen atoms in total. The van der Waals surface area contributed by atoms with Gasteiger partial charge in [-0.05, 0) is 25.8 Å². The molecule has 17 heavy (non-hydrogen) atoms. The van der Waals surface area contributed by atoms with Crippen LogP contribution >= 0.6 is 0 Å². The van der Waals surface area contributed by atoms with Crippen molar-refractivity contribution in [1.82, 2.24) is 4.98 Å². The van der Waals surface area contributed by atoms with Crippen LogP contribution in [0.4, 0.5) is 5.82 Å². The van der Waals surface area contributed by atoms with Crippen molar-refractivity contribution in [3.8, 4) is 0 Å². The van der Waals surface area contributed by atoms with Gasteiger partial charge in [-0.15, -0.1) is 0 Å². The molecule has 1 atom stereocenters. The van der Waals surface area contributed by atoms with E-state index in [9.17, 15) is 0 Å². The van der Waals surface area contributed by atoms with Crippen molar-refractivity contribution < 1.29 is 4.74 Å². The first-order chi connectivity index (χ1) is 8.27. The number of hydrogen-bond donors (Lipinski definition) is 1. The Hall–Kier alpha value is -1.09. The fraction of sp³-hybridized carbons (Fsp3) is 0.643. The molecule has 1 heterocycles. The van der Waals surface area contributed by atoms with Crippen molar-refractivity contribution in [2.45, 2.75) is 52.7 Å². The summed E-state index contributed by atoms with van der Waals surface area (Å²) >= 11 is 0. The molecule has 0 aliphatic carbocycles. The second-order valence-corrected chi connectivity index (χ2v) is 4.35. The van der Waals surface area contributed by atoms with Gasteiger partial charge in [0.25, 0.3) is 0 Å². The summed E-state index contributed by atoms with van der Waals surface area (Å²) in [5, 5.41) is 3.33. The number of anilines is 1. The molecule has 0 saturated carbocycles. The van der Waals surface area contributed by atoms with Gasteiger partial charge in [0.15, 0.2) is 0 Å². The molecule has 0 bridgehead atoms. The van der Waals surface area contributed by atoms with Crippen molar-refractivity contribution in [1.29, 1.82) is 0 Å². The lowest BCUT2D eigenvalue weighted by Crippen LogP contribution is -2.10. The first-order valence-electron chi connectivity index (χ1n) is 6.57. The SMILES string of the molecule is CCCNc1ncccc1COC(C)CCC. The molecule has 0 saturated heterocycles. The van der Waals surface area contributed by atoms with E-state index in [1.807, 2.05) is 12.3 Å². The topological polar surface area (TPSA) is 34.2 Å². The van der Waals surface area contributed by atoms with E-state index in [2.05, 4.69) is 37.1 Å². The highest BCUT2D eigenvalue weighted by Gasteiger charge is 2.05. The van der Waals surface area contributed by atoms with Crippen LogP contribution in [-0.4, -0.2) is 17.6 Å². The first-order valence-corrected chi connectivity index (χ1v) is 6.57. The normalized spacial score (nSPS) is 12.4. The summed E-state index contributed by atoms with van der Waals surface area (Å²) in [7, 11) is 0. The van der Waals surface area contributed by atoms with Crippen molar-refractivity contribution in [3.05, 3.63) is 23.9 Å². The van der Waals surface area contributed by atoms with Crippen LogP contribution < -0.4 is 5.32 Å². The largest absolute Gasteiger partial charge is 0.374 e. The summed E-state index contributed by atoms with van der Waals surface area (Å²) in [4.78, 5) is 4.35. The van der Waals surface area contributed by atoms with Crippen LogP contribution in [0, 0.1) is 0 Å². The molecule has 1 aromatic rings. The highest BCUT2D eigenvalue weighted by atomic mass is 16.5. The zero-order chi connectivity index (χ0) is 12.5.